The van der Waals surface area contributed by atoms with Gasteiger partial charge in [0, 0.05) is 0 Å². The molecule has 0 aromatic heterocycles. The van der Waals surface area contributed by atoms with Crippen LogP contribution in [0.25, 0.3) is 11.1 Å². The van der Waals surface area contributed by atoms with Gasteiger partial charge in [-0.2, -0.15) is 0 Å². The standard InChI is InChI=1S/C17H20/c1-5-12(2)10-15-11-13(3)16-8-6-7-9-17(16)14(15)4/h5-10H,11H2,1-4H3/b12-5-,15-10+. The molecule has 1 aromatic carbocycles. The minimum Gasteiger partial charge on any atom is -0.0847 e. The lowest BCUT2D eigenvalue weighted by atomic mass is 9.89. The Kier molecular flexibility index (Phi) is 3.33. The molecule has 0 amide bonds. The van der Waals surface area contributed by atoms with E-state index in [2.05, 4.69) is 64.1 Å². The van der Waals surface area contributed by atoms with E-state index in [1.165, 1.54) is 32.7 Å². The summed E-state index contributed by atoms with van der Waals surface area (Å²) in [6.45, 7) is 8.73. The van der Waals surface area contributed by atoms with Crippen LogP contribution in [0.3, 0.4) is 0 Å². The fourth-order valence-electron chi connectivity index (χ4n) is 2.39. The first kappa shape index (κ1) is 11.9. The maximum atomic E-state index is 2.31. The molecule has 0 nitrogen and oxygen atoms in total. The average Bonchev–Trinajstić information content (AvgIpc) is 2.35. The minimum atomic E-state index is 1.08. The topological polar surface area (TPSA) is 0 Å². The lowest BCUT2D eigenvalue weighted by molar-refractivity contribution is 1.19. The quantitative estimate of drug-likeness (QED) is 0.686. The molecule has 0 unspecified atom stereocenters. The number of hydrogen-bond donors (Lipinski definition) is 0. The molecule has 0 saturated heterocycles. The molecule has 0 heteroatoms. The molecule has 0 heterocycles. The summed E-state index contributed by atoms with van der Waals surface area (Å²) in [4.78, 5) is 0. The molecular weight excluding hydrogens is 204 g/mol. The van der Waals surface area contributed by atoms with Crippen LogP contribution in [-0.4, -0.2) is 0 Å². The number of benzene rings is 1. The van der Waals surface area contributed by atoms with Gasteiger partial charge in [0.1, 0.15) is 0 Å². The number of allylic oxidation sites excluding steroid dienone is 4. The molecule has 0 spiro atoms. The molecule has 0 saturated carbocycles. The Hall–Kier alpha value is -1.56. The maximum absolute atomic E-state index is 2.31. The van der Waals surface area contributed by atoms with Crippen molar-refractivity contribution in [2.75, 3.05) is 0 Å². The summed E-state index contributed by atoms with van der Waals surface area (Å²) in [6, 6.07) is 8.71. The van der Waals surface area contributed by atoms with Gasteiger partial charge in [0.2, 0.25) is 0 Å². The fraction of sp³-hybridized carbons (Fsp3) is 0.294. The Labute approximate surface area is 104 Å². The van der Waals surface area contributed by atoms with Gasteiger partial charge in [0.25, 0.3) is 0 Å². The highest BCUT2D eigenvalue weighted by Crippen LogP contribution is 2.22. The third kappa shape index (κ3) is 2.26. The van der Waals surface area contributed by atoms with Crippen molar-refractivity contribution in [3.05, 3.63) is 58.0 Å². The zero-order chi connectivity index (χ0) is 12.4. The lowest BCUT2D eigenvalue weighted by Crippen LogP contribution is -2.31. The molecule has 0 fully saturated rings. The smallest absolute Gasteiger partial charge is 0.00577 e. The molecule has 0 aliphatic heterocycles. The largest absolute Gasteiger partial charge is 0.0847 e. The second-order valence-corrected chi connectivity index (χ2v) is 4.83. The van der Waals surface area contributed by atoms with E-state index in [1.54, 1.807) is 0 Å². The molecule has 0 radical (unpaired) electrons. The van der Waals surface area contributed by atoms with E-state index in [-0.39, 0.29) is 0 Å². The van der Waals surface area contributed by atoms with Gasteiger partial charge in [-0.05, 0) is 55.7 Å². The van der Waals surface area contributed by atoms with Crippen molar-refractivity contribution in [1.82, 2.24) is 0 Å². The van der Waals surface area contributed by atoms with Crippen LogP contribution in [0, 0.1) is 0 Å². The molecule has 0 bridgehead atoms. The highest BCUT2D eigenvalue weighted by molar-refractivity contribution is 5.71. The van der Waals surface area contributed by atoms with Crippen molar-refractivity contribution >= 4 is 11.1 Å². The summed E-state index contributed by atoms with van der Waals surface area (Å²) in [5.74, 6) is 0. The van der Waals surface area contributed by atoms with Crippen LogP contribution >= 0.6 is 0 Å². The van der Waals surface area contributed by atoms with Gasteiger partial charge in [-0.15, -0.1) is 0 Å². The van der Waals surface area contributed by atoms with Crippen molar-refractivity contribution < 1.29 is 0 Å². The minimum absolute atomic E-state index is 1.08. The summed E-state index contributed by atoms with van der Waals surface area (Å²) < 4.78 is 0. The Morgan fingerprint density at radius 2 is 1.76 bits per heavy atom. The van der Waals surface area contributed by atoms with Crippen molar-refractivity contribution in [3.63, 3.8) is 0 Å². The van der Waals surface area contributed by atoms with Crippen LogP contribution in [0.5, 0.6) is 0 Å². The van der Waals surface area contributed by atoms with Crippen molar-refractivity contribution in [2.24, 2.45) is 0 Å². The molecule has 0 N–H and O–H groups in total. The van der Waals surface area contributed by atoms with Crippen molar-refractivity contribution in [2.45, 2.75) is 34.1 Å². The first-order valence-corrected chi connectivity index (χ1v) is 6.23. The summed E-state index contributed by atoms with van der Waals surface area (Å²) in [6.07, 6.45) is 5.55. The van der Waals surface area contributed by atoms with Gasteiger partial charge < -0.3 is 0 Å². The van der Waals surface area contributed by atoms with Crippen LogP contribution in [0.15, 0.2) is 47.6 Å². The van der Waals surface area contributed by atoms with Gasteiger partial charge in [0.05, 0.1) is 0 Å². The van der Waals surface area contributed by atoms with E-state index in [0.717, 1.165) is 6.42 Å². The number of rotatable bonds is 1. The van der Waals surface area contributed by atoms with Crippen molar-refractivity contribution in [3.8, 4) is 0 Å². The van der Waals surface area contributed by atoms with Gasteiger partial charge in [-0.25, -0.2) is 0 Å². The average molecular weight is 224 g/mol. The molecular formula is C17H20. The van der Waals surface area contributed by atoms with E-state index in [0.29, 0.717) is 0 Å². The first-order chi connectivity index (χ1) is 8.13. The second kappa shape index (κ2) is 4.75. The molecule has 2 rings (SSSR count). The maximum Gasteiger partial charge on any atom is -0.00577 e. The third-order valence-electron chi connectivity index (χ3n) is 3.59. The predicted octanol–water partition coefficient (Wildman–Crippen LogP) is 3.32. The first-order valence-electron chi connectivity index (χ1n) is 6.23. The molecule has 1 aliphatic carbocycles. The Bertz CT molecular complexity index is 610. The number of hydrogen-bond acceptors (Lipinski definition) is 0. The highest BCUT2D eigenvalue weighted by atomic mass is 14.1. The monoisotopic (exact) mass is 224 g/mol. The zero-order valence-electron chi connectivity index (χ0n) is 11.2. The van der Waals surface area contributed by atoms with Gasteiger partial charge in [-0.1, -0.05) is 47.6 Å². The summed E-state index contributed by atoms with van der Waals surface area (Å²) >= 11 is 0. The molecule has 88 valence electrons. The number of fused-ring (bicyclic) bond motifs is 1. The Morgan fingerprint density at radius 1 is 1.12 bits per heavy atom. The predicted molar refractivity (Wildman–Crippen MR) is 76.0 cm³/mol. The lowest BCUT2D eigenvalue weighted by Gasteiger charge is -2.15. The Morgan fingerprint density at radius 3 is 2.41 bits per heavy atom. The van der Waals surface area contributed by atoms with Crippen molar-refractivity contribution in [1.29, 1.82) is 0 Å². The van der Waals surface area contributed by atoms with Crippen LogP contribution in [0.4, 0.5) is 0 Å². The van der Waals surface area contributed by atoms with E-state index in [9.17, 15) is 0 Å². The SMILES string of the molecule is C/C=C(C)\C=C1/CC(C)=c2ccccc2=C1C. The van der Waals surface area contributed by atoms with Gasteiger partial charge in [0.15, 0.2) is 0 Å². The van der Waals surface area contributed by atoms with Crippen LogP contribution in [0.2, 0.25) is 0 Å². The van der Waals surface area contributed by atoms with Crippen LogP contribution in [-0.2, 0) is 0 Å². The second-order valence-electron chi connectivity index (χ2n) is 4.83. The van der Waals surface area contributed by atoms with Gasteiger partial charge >= 0.3 is 0 Å². The van der Waals surface area contributed by atoms with Crippen LogP contribution in [0.1, 0.15) is 34.1 Å². The molecule has 0 atom stereocenters. The van der Waals surface area contributed by atoms with E-state index in [1.807, 2.05) is 0 Å². The zero-order valence-corrected chi connectivity index (χ0v) is 11.2. The summed E-state index contributed by atoms with van der Waals surface area (Å²) in [5, 5.41) is 2.81. The van der Waals surface area contributed by atoms with E-state index >= 15 is 0 Å². The van der Waals surface area contributed by atoms with Gasteiger partial charge in [-0.3, -0.25) is 0 Å². The van der Waals surface area contributed by atoms with E-state index < -0.39 is 0 Å². The third-order valence-corrected chi connectivity index (χ3v) is 3.59. The molecule has 1 aliphatic rings. The fourth-order valence-corrected chi connectivity index (χ4v) is 2.39. The molecule has 17 heavy (non-hydrogen) atoms. The normalized spacial score (nSPS) is 18.6. The summed E-state index contributed by atoms with van der Waals surface area (Å²) in [5.41, 5.74) is 5.69. The summed E-state index contributed by atoms with van der Waals surface area (Å²) in [7, 11) is 0. The highest BCUT2D eigenvalue weighted by Gasteiger charge is 2.09. The Balaban J connectivity index is 2.71. The molecule has 1 aromatic rings. The van der Waals surface area contributed by atoms with E-state index in [4.69, 9.17) is 0 Å². The van der Waals surface area contributed by atoms with Crippen LogP contribution < -0.4 is 10.4 Å².